The SMILES string of the molecule is C=C(C)[C@@H]1CC[C@]2(C(=O)NCCCCCC(=O)NC(C)C(=O)O)CC[C@]3(C)C(CC[C@@H]4[C@@]5(C)CC[C@H](O)C(C)(C)[C@@H]5CC[C@]43C)C12. The molecular formula is C39H64N2O5. The zero-order chi connectivity index (χ0) is 33.9. The number of carboxylic acids is 1. The van der Waals surface area contributed by atoms with Gasteiger partial charge in [-0.15, -0.1) is 0 Å². The fourth-order valence-corrected chi connectivity index (χ4v) is 12.9. The van der Waals surface area contributed by atoms with Crippen LogP contribution in [0.15, 0.2) is 12.2 Å². The van der Waals surface area contributed by atoms with Crippen LogP contribution in [0.4, 0.5) is 0 Å². The van der Waals surface area contributed by atoms with Crippen LogP contribution in [0.2, 0.25) is 0 Å². The second-order valence-corrected chi connectivity index (χ2v) is 17.9. The van der Waals surface area contributed by atoms with E-state index in [-0.39, 0.29) is 45.0 Å². The van der Waals surface area contributed by atoms with Gasteiger partial charge >= 0.3 is 5.97 Å². The second-order valence-electron chi connectivity index (χ2n) is 17.9. The second kappa shape index (κ2) is 12.5. The van der Waals surface area contributed by atoms with Crippen molar-refractivity contribution in [3.63, 3.8) is 0 Å². The lowest BCUT2D eigenvalue weighted by molar-refractivity contribution is -0.246. The molecule has 11 atom stereocenters. The van der Waals surface area contributed by atoms with E-state index >= 15 is 0 Å². The lowest BCUT2D eigenvalue weighted by atomic mass is 9.32. The van der Waals surface area contributed by atoms with Crippen molar-refractivity contribution in [2.75, 3.05) is 6.54 Å². The summed E-state index contributed by atoms with van der Waals surface area (Å²) in [6, 6.07) is -0.880. The molecular weight excluding hydrogens is 576 g/mol. The minimum atomic E-state index is -1.03. The Kier molecular flexibility index (Phi) is 9.65. The summed E-state index contributed by atoms with van der Waals surface area (Å²) in [6.07, 6.45) is 13.3. The number of nitrogens with one attached hydrogen (secondary N) is 2. The molecule has 0 bridgehead atoms. The highest BCUT2D eigenvalue weighted by atomic mass is 16.4. The Morgan fingerprint density at radius 1 is 0.848 bits per heavy atom. The largest absolute Gasteiger partial charge is 0.480 e. The van der Waals surface area contributed by atoms with Gasteiger partial charge in [0.25, 0.3) is 0 Å². The first-order chi connectivity index (χ1) is 21.5. The van der Waals surface area contributed by atoms with E-state index in [1.165, 1.54) is 38.2 Å². The molecule has 5 saturated carbocycles. The highest BCUT2D eigenvalue weighted by Crippen LogP contribution is 2.77. The molecule has 7 heteroatoms. The molecule has 0 aromatic heterocycles. The Labute approximate surface area is 278 Å². The number of aliphatic carboxylic acids is 1. The van der Waals surface area contributed by atoms with Crippen LogP contribution >= 0.6 is 0 Å². The number of carbonyl (C=O) groups excluding carboxylic acids is 2. The summed E-state index contributed by atoms with van der Waals surface area (Å²) < 4.78 is 0. The van der Waals surface area contributed by atoms with Crippen LogP contribution in [0.3, 0.4) is 0 Å². The van der Waals surface area contributed by atoms with Crippen molar-refractivity contribution in [2.24, 2.45) is 56.7 Å². The number of amides is 2. The van der Waals surface area contributed by atoms with E-state index in [0.717, 1.165) is 51.4 Å². The summed E-state index contributed by atoms with van der Waals surface area (Å²) in [5, 5.41) is 25.9. The molecule has 3 unspecified atom stereocenters. The van der Waals surface area contributed by atoms with Crippen LogP contribution in [-0.4, -0.2) is 46.7 Å². The Hall–Kier alpha value is -1.89. The van der Waals surface area contributed by atoms with Gasteiger partial charge in [-0.05, 0) is 142 Å². The highest BCUT2D eigenvalue weighted by molar-refractivity contribution is 5.84. The minimum absolute atomic E-state index is 0.0479. The first-order valence-electron chi connectivity index (χ1n) is 18.6. The van der Waals surface area contributed by atoms with Gasteiger partial charge in [-0.3, -0.25) is 14.4 Å². The van der Waals surface area contributed by atoms with Crippen LogP contribution < -0.4 is 10.6 Å². The zero-order valence-electron chi connectivity index (χ0n) is 30.0. The molecule has 2 amide bonds. The van der Waals surface area contributed by atoms with Gasteiger partial charge in [-0.2, -0.15) is 0 Å². The van der Waals surface area contributed by atoms with E-state index in [1.54, 1.807) is 0 Å². The van der Waals surface area contributed by atoms with Crippen molar-refractivity contribution in [3.8, 4) is 0 Å². The van der Waals surface area contributed by atoms with Crippen LogP contribution in [-0.2, 0) is 14.4 Å². The van der Waals surface area contributed by atoms with Crippen LogP contribution in [0, 0.1) is 56.7 Å². The van der Waals surface area contributed by atoms with Gasteiger partial charge in [-0.25, -0.2) is 0 Å². The number of carbonyl (C=O) groups is 3. The lowest BCUT2D eigenvalue weighted by Gasteiger charge is -2.72. The molecule has 46 heavy (non-hydrogen) atoms. The number of fused-ring (bicyclic) bond motifs is 7. The molecule has 0 heterocycles. The molecule has 0 radical (unpaired) electrons. The predicted molar refractivity (Wildman–Crippen MR) is 182 cm³/mol. The molecule has 0 spiro atoms. The fraction of sp³-hybridized carbons (Fsp3) is 0.872. The Morgan fingerprint density at radius 3 is 2.24 bits per heavy atom. The maximum atomic E-state index is 14.3. The number of rotatable bonds is 10. The smallest absolute Gasteiger partial charge is 0.325 e. The first-order valence-corrected chi connectivity index (χ1v) is 18.6. The van der Waals surface area contributed by atoms with Crippen LogP contribution in [0.25, 0.3) is 0 Å². The Bertz CT molecular complexity index is 1210. The maximum absolute atomic E-state index is 14.3. The third-order valence-electron chi connectivity index (χ3n) is 15.6. The number of hydrogen-bond acceptors (Lipinski definition) is 4. The predicted octanol–water partition coefficient (Wildman–Crippen LogP) is 7.27. The van der Waals surface area contributed by atoms with E-state index in [4.69, 9.17) is 5.11 Å². The maximum Gasteiger partial charge on any atom is 0.325 e. The Balaban J connectivity index is 1.29. The minimum Gasteiger partial charge on any atom is -0.480 e. The quantitative estimate of drug-likeness (QED) is 0.148. The first kappa shape index (κ1) is 35.4. The number of carboxylic acid groups (broad SMARTS) is 1. The van der Waals surface area contributed by atoms with Crippen LogP contribution in [0.1, 0.15) is 138 Å². The van der Waals surface area contributed by atoms with E-state index in [2.05, 4.69) is 58.8 Å². The summed E-state index contributed by atoms with van der Waals surface area (Å²) in [7, 11) is 0. The van der Waals surface area contributed by atoms with Crippen LogP contribution in [0.5, 0.6) is 0 Å². The van der Waals surface area contributed by atoms with E-state index in [1.807, 2.05) is 0 Å². The molecule has 0 aliphatic heterocycles. The van der Waals surface area contributed by atoms with Crippen molar-refractivity contribution in [1.29, 1.82) is 0 Å². The number of aliphatic hydroxyl groups is 1. The molecule has 0 saturated heterocycles. The van der Waals surface area contributed by atoms with Crippen molar-refractivity contribution in [1.82, 2.24) is 10.6 Å². The number of unbranched alkanes of at least 4 members (excludes halogenated alkanes) is 2. The number of allylic oxidation sites excluding steroid dienone is 1. The highest BCUT2D eigenvalue weighted by Gasteiger charge is 2.71. The standard InChI is InChI=1S/C39H64N2O5/c1-24(2)26-15-20-39(34(46)40-23-11-9-10-12-31(43)41-25(3)33(44)45)22-21-37(7)27(32(26)39)13-14-29-36(6)18-17-30(42)35(4,5)28(36)16-19-38(29,37)8/h25-30,32,42H,1,9-23H2,2-8H3,(H,40,46)(H,41,43)(H,44,45)/t25?,26-,27?,28-,29+,30-,32?,36-,37+,38+,39-/m0/s1. The average Bonchev–Trinajstić information content (AvgIpc) is 3.38. The fourth-order valence-electron chi connectivity index (χ4n) is 12.9. The van der Waals surface area contributed by atoms with E-state index in [9.17, 15) is 19.5 Å². The van der Waals surface area contributed by atoms with Gasteiger partial charge in [0, 0.05) is 13.0 Å². The topological polar surface area (TPSA) is 116 Å². The summed E-state index contributed by atoms with van der Waals surface area (Å²) in [6.45, 7) is 21.2. The molecule has 7 nitrogen and oxygen atoms in total. The molecule has 5 aliphatic rings. The molecule has 260 valence electrons. The van der Waals surface area contributed by atoms with E-state index in [0.29, 0.717) is 49.0 Å². The third-order valence-corrected chi connectivity index (χ3v) is 15.6. The summed E-state index contributed by atoms with van der Waals surface area (Å²) in [5.74, 6) is 1.39. The molecule has 4 N–H and O–H groups in total. The van der Waals surface area contributed by atoms with Crippen molar-refractivity contribution >= 4 is 17.8 Å². The number of aliphatic hydroxyl groups excluding tert-OH is 1. The average molecular weight is 641 g/mol. The lowest BCUT2D eigenvalue weighted by Crippen LogP contribution is -2.67. The van der Waals surface area contributed by atoms with Gasteiger partial charge in [0.05, 0.1) is 11.5 Å². The summed E-state index contributed by atoms with van der Waals surface area (Å²) >= 11 is 0. The molecule has 5 fully saturated rings. The molecule has 0 aromatic carbocycles. The van der Waals surface area contributed by atoms with E-state index < -0.39 is 12.0 Å². The van der Waals surface area contributed by atoms with Gasteiger partial charge in [0.1, 0.15) is 6.04 Å². The van der Waals surface area contributed by atoms with Gasteiger partial charge in [-0.1, -0.05) is 53.2 Å². The summed E-state index contributed by atoms with van der Waals surface area (Å²) in [5.41, 5.74) is 1.50. The van der Waals surface area contributed by atoms with Crippen molar-refractivity contribution < 1.29 is 24.6 Å². The summed E-state index contributed by atoms with van der Waals surface area (Å²) in [4.78, 5) is 37.3. The molecule has 5 aliphatic carbocycles. The number of hydrogen-bond donors (Lipinski definition) is 4. The van der Waals surface area contributed by atoms with Gasteiger partial charge in [0.2, 0.25) is 11.8 Å². The monoisotopic (exact) mass is 640 g/mol. The van der Waals surface area contributed by atoms with Crippen molar-refractivity contribution in [2.45, 2.75) is 151 Å². The normalized spacial score (nSPS) is 43.2. The van der Waals surface area contributed by atoms with Gasteiger partial charge < -0.3 is 20.8 Å². The van der Waals surface area contributed by atoms with Crippen molar-refractivity contribution in [3.05, 3.63) is 12.2 Å². The third kappa shape index (κ3) is 5.47. The Morgan fingerprint density at radius 2 is 1.57 bits per heavy atom. The zero-order valence-corrected chi connectivity index (χ0v) is 30.0. The molecule has 5 rings (SSSR count). The molecule has 0 aromatic rings. The van der Waals surface area contributed by atoms with Gasteiger partial charge in [0.15, 0.2) is 0 Å².